The highest BCUT2D eigenvalue weighted by molar-refractivity contribution is 6.20. The molecule has 0 fully saturated rings. The lowest BCUT2D eigenvalue weighted by atomic mass is 10.3. The maximum Gasteiger partial charge on any atom is 0.216 e. The maximum atomic E-state index is 10.9. The van der Waals surface area contributed by atoms with Crippen LogP contribution < -0.4 is 5.32 Å². The van der Waals surface area contributed by atoms with Crippen LogP contribution in [0.25, 0.3) is 11.0 Å². The Morgan fingerprint density at radius 2 is 2.22 bits per heavy atom. The fraction of sp³-hybridized carbons (Fsp3) is 0.385. The van der Waals surface area contributed by atoms with Crippen LogP contribution in [0.1, 0.15) is 25.0 Å². The van der Waals surface area contributed by atoms with Gasteiger partial charge >= 0.3 is 0 Å². The number of amides is 1. The number of hydrogen-bond acceptors (Lipinski definition) is 2. The lowest BCUT2D eigenvalue weighted by Crippen LogP contribution is -2.25. The van der Waals surface area contributed by atoms with E-state index >= 15 is 0 Å². The summed E-state index contributed by atoms with van der Waals surface area (Å²) in [6.45, 7) is 4.66. The number of para-hydroxylation sites is 2. The molecule has 1 unspecified atom stereocenters. The third-order valence-electron chi connectivity index (χ3n) is 2.75. The number of carbonyl (C=O) groups is 1. The monoisotopic (exact) mass is 265 g/mol. The number of nitrogens with one attached hydrogen (secondary N) is 1. The van der Waals surface area contributed by atoms with E-state index in [1.165, 1.54) is 6.92 Å². The van der Waals surface area contributed by atoms with Gasteiger partial charge in [0.15, 0.2) is 0 Å². The first-order valence-corrected chi connectivity index (χ1v) is 6.37. The van der Waals surface area contributed by atoms with Crippen molar-refractivity contribution in [1.82, 2.24) is 14.9 Å². The van der Waals surface area contributed by atoms with Gasteiger partial charge in [0.1, 0.15) is 5.82 Å². The van der Waals surface area contributed by atoms with Crippen molar-refractivity contribution >= 4 is 28.5 Å². The normalized spacial score (nSPS) is 12.6. The molecule has 2 rings (SSSR count). The molecule has 1 aromatic heterocycles. The van der Waals surface area contributed by atoms with Crippen LogP contribution in [0.4, 0.5) is 0 Å². The van der Waals surface area contributed by atoms with Gasteiger partial charge in [-0.1, -0.05) is 12.1 Å². The first-order valence-electron chi connectivity index (χ1n) is 5.93. The van der Waals surface area contributed by atoms with Crippen molar-refractivity contribution < 1.29 is 4.79 Å². The number of benzene rings is 1. The predicted molar refractivity (Wildman–Crippen MR) is 72.7 cm³/mol. The van der Waals surface area contributed by atoms with E-state index in [9.17, 15) is 4.79 Å². The van der Waals surface area contributed by atoms with Crippen LogP contribution in [0.2, 0.25) is 0 Å². The molecule has 18 heavy (non-hydrogen) atoms. The van der Waals surface area contributed by atoms with E-state index in [0.717, 1.165) is 16.9 Å². The molecule has 0 bridgehead atoms. The van der Waals surface area contributed by atoms with E-state index < -0.39 is 0 Å². The molecule has 1 heterocycles. The summed E-state index contributed by atoms with van der Waals surface area (Å²) in [5, 5.41) is 2.63. The second-order valence-corrected chi connectivity index (χ2v) is 4.86. The van der Waals surface area contributed by atoms with Crippen LogP contribution >= 0.6 is 11.6 Å². The molecule has 1 N–H and O–H groups in total. The van der Waals surface area contributed by atoms with Gasteiger partial charge in [-0.05, 0) is 19.1 Å². The Hall–Kier alpha value is -1.55. The maximum absolute atomic E-state index is 10.9. The third-order valence-corrected chi connectivity index (χ3v) is 2.94. The summed E-state index contributed by atoms with van der Waals surface area (Å²) in [6, 6.07) is 7.91. The number of hydrogen-bond donors (Lipinski definition) is 1. The number of carbonyl (C=O) groups excluding carboxylic acids is 1. The number of aromatic nitrogens is 2. The standard InChI is InChI=1S/C13H16ClN3O/c1-9(14)13-16-11-5-3-4-6-12(11)17(13)8-7-15-10(2)18/h3-6,9H,7-8H2,1-2H3,(H,15,18). The largest absolute Gasteiger partial charge is 0.355 e. The molecule has 1 aromatic carbocycles. The van der Waals surface area contributed by atoms with Gasteiger partial charge in [0.2, 0.25) is 5.91 Å². The van der Waals surface area contributed by atoms with Crippen LogP contribution in [-0.4, -0.2) is 22.0 Å². The summed E-state index contributed by atoms with van der Waals surface area (Å²) in [4.78, 5) is 15.4. The third kappa shape index (κ3) is 2.64. The zero-order chi connectivity index (χ0) is 13.1. The molecule has 5 heteroatoms. The second kappa shape index (κ2) is 5.40. The molecule has 0 aliphatic carbocycles. The lowest BCUT2D eigenvalue weighted by molar-refractivity contribution is -0.118. The molecular weight excluding hydrogens is 250 g/mol. The Morgan fingerprint density at radius 3 is 2.89 bits per heavy atom. The lowest BCUT2D eigenvalue weighted by Gasteiger charge is -2.10. The number of halogens is 1. The first kappa shape index (κ1) is 12.9. The quantitative estimate of drug-likeness (QED) is 0.864. The molecule has 0 aliphatic heterocycles. The highest BCUT2D eigenvalue weighted by atomic mass is 35.5. The first-order chi connectivity index (χ1) is 8.59. The van der Waals surface area contributed by atoms with Gasteiger partial charge in [-0.15, -0.1) is 11.6 Å². The number of rotatable bonds is 4. The minimum atomic E-state index is -0.158. The van der Waals surface area contributed by atoms with Crippen LogP contribution in [0.15, 0.2) is 24.3 Å². The number of alkyl halides is 1. The summed E-state index contributed by atoms with van der Waals surface area (Å²) in [5.74, 6) is 0.808. The van der Waals surface area contributed by atoms with Crippen molar-refractivity contribution in [1.29, 1.82) is 0 Å². The van der Waals surface area contributed by atoms with Gasteiger partial charge < -0.3 is 9.88 Å². The highest BCUT2D eigenvalue weighted by Gasteiger charge is 2.14. The average molecular weight is 266 g/mol. The minimum absolute atomic E-state index is 0.0279. The van der Waals surface area contributed by atoms with Gasteiger partial charge in [-0.2, -0.15) is 0 Å². The minimum Gasteiger partial charge on any atom is -0.355 e. The molecule has 96 valence electrons. The predicted octanol–water partition coefficient (Wildman–Crippen LogP) is 2.47. The fourth-order valence-electron chi connectivity index (χ4n) is 1.98. The Balaban J connectivity index is 2.33. The van der Waals surface area contributed by atoms with E-state index in [-0.39, 0.29) is 11.3 Å². The van der Waals surface area contributed by atoms with E-state index in [2.05, 4.69) is 14.9 Å². The molecule has 4 nitrogen and oxygen atoms in total. The van der Waals surface area contributed by atoms with Gasteiger partial charge in [-0.3, -0.25) is 4.79 Å². The van der Waals surface area contributed by atoms with Crippen molar-refractivity contribution in [2.75, 3.05) is 6.54 Å². The topological polar surface area (TPSA) is 46.9 Å². The van der Waals surface area contributed by atoms with Gasteiger partial charge in [0.25, 0.3) is 0 Å². The van der Waals surface area contributed by atoms with E-state index in [1.54, 1.807) is 0 Å². The van der Waals surface area contributed by atoms with Crippen molar-refractivity contribution in [3.63, 3.8) is 0 Å². The van der Waals surface area contributed by atoms with E-state index in [1.807, 2.05) is 31.2 Å². The Bertz CT molecular complexity index is 562. The molecule has 1 amide bonds. The highest BCUT2D eigenvalue weighted by Crippen LogP contribution is 2.24. The molecule has 0 spiro atoms. The van der Waals surface area contributed by atoms with E-state index in [4.69, 9.17) is 11.6 Å². The van der Waals surface area contributed by atoms with Gasteiger partial charge in [-0.25, -0.2) is 4.98 Å². The van der Waals surface area contributed by atoms with Crippen LogP contribution in [0, 0.1) is 0 Å². The summed E-state index contributed by atoms with van der Waals surface area (Å²) in [6.07, 6.45) is 0. The number of imidazole rings is 1. The number of fused-ring (bicyclic) bond motifs is 1. The zero-order valence-corrected chi connectivity index (χ0v) is 11.2. The zero-order valence-electron chi connectivity index (χ0n) is 10.5. The molecule has 0 aliphatic rings. The van der Waals surface area contributed by atoms with Crippen LogP contribution in [-0.2, 0) is 11.3 Å². The van der Waals surface area contributed by atoms with Crippen LogP contribution in [0.5, 0.6) is 0 Å². The summed E-state index contributed by atoms with van der Waals surface area (Å²) < 4.78 is 2.06. The second-order valence-electron chi connectivity index (χ2n) is 4.21. The van der Waals surface area contributed by atoms with Gasteiger partial charge in [0, 0.05) is 20.0 Å². The van der Waals surface area contributed by atoms with Crippen molar-refractivity contribution in [2.45, 2.75) is 25.8 Å². The molecular formula is C13H16ClN3O. The van der Waals surface area contributed by atoms with Crippen molar-refractivity contribution in [3.05, 3.63) is 30.1 Å². The van der Waals surface area contributed by atoms with Gasteiger partial charge in [0.05, 0.1) is 16.4 Å². The number of nitrogens with zero attached hydrogens (tertiary/aromatic N) is 2. The van der Waals surface area contributed by atoms with Crippen molar-refractivity contribution in [2.24, 2.45) is 0 Å². The molecule has 0 radical (unpaired) electrons. The Labute approximate surface area is 111 Å². The Morgan fingerprint density at radius 1 is 1.50 bits per heavy atom. The molecule has 0 saturated carbocycles. The van der Waals surface area contributed by atoms with E-state index in [0.29, 0.717) is 13.1 Å². The summed E-state index contributed by atoms with van der Waals surface area (Å²) >= 11 is 6.15. The summed E-state index contributed by atoms with van der Waals surface area (Å²) in [7, 11) is 0. The molecule has 2 aromatic rings. The van der Waals surface area contributed by atoms with Crippen molar-refractivity contribution in [3.8, 4) is 0 Å². The molecule has 0 saturated heterocycles. The molecule has 1 atom stereocenters. The summed E-state index contributed by atoms with van der Waals surface area (Å²) in [5.41, 5.74) is 1.98. The average Bonchev–Trinajstić information content (AvgIpc) is 2.68. The smallest absolute Gasteiger partial charge is 0.216 e. The SMILES string of the molecule is CC(=O)NCCn1c(C(C)Cl)nc2ccccc21. The van der Waals surface area contributed by atoms with Crippen LogP contribution in [0.3, 0.4) is 0 Å². The Kier molecular flexibility index (Phi) is 3.87. The fourth-order valence-corrected chi connectivity index (χ4v) is 2.14.